The molecule has 0 saturated heterocycles. The summed E-state index contributed by atoms with van der Waals surface area (Å²) < 4.78 is 0. The van der Waals surface area contributed by atoms with Gasteiger partial charge in [-0.15, -0.1) is 0 Å². The summed E-state index contributed by atoms with van der Waals surface area (Å²) in [6.45, 7) is 0. The highest BCUT2D eigenvalue weighted by atomic mass is 35.5. The Morgan fingerprint density at radius 1 is 0.731 bits per heavy atom. The number of carbonyl (C=O) groups excluding carboxylic acids is 1. The number of rotatable bonds is 3. The maximum Gasteiger partial charge on any atom is 0.187 e. The highest BCUT2D eigenvalue weighted by molar-refractivity contribution is 6.37. The van der Waals surface area contributed by atoms with Crippen molar-refractivity contribution in [1.82, 2.24) is 0 Å². The molecule has 0 aliphatic rings. The third-order valence-electron chi connectivity index (χ3n) is 4.42. The van der Waals surface area contributed by atoms with Crippen molar-refractivity contribution in [2.45, 2.75) is 0 Å². The minimum atomic E-state index is -0.0750. The summed E-state index contributed by atoms with van der Waals surface area (Å²) in [6, 6.07) is 23.2. The molecule has 0 spiro atoms. The summed E-state index contributed by atoms with van der Waals surface area (Å²) >= 11 is 12.4. The van der Waals surface area contributed by atoms with Gasteiger partial charge in [-0.3, -0.25) is 4.79 Å². The topological polar surface area (TPSA) is 17.1 Å². The van der Waals surface area contributed by atoms with E-state index in [0.29, 0.717) is 21.2 Å². The molecular weight excluding hydrogens is 363 g/mol. The van der Waals surface area contributed by atoms with Crippen LogP contribution in [0.2, 0.25) is 10.0 Å². The maximum absolute atomic E-state index is 13.1. The summed E-state index contributed by atoms with van der Waals surface area (Å²) in [4.78, 5) is 13.1. The fourth-order valence-electron chi connectivity index (χ4n) is 3.19. The minimum Gasteiger partial charge on any atom is -0.289 e. The van der Waals surface area contributed by atoms with Crippen LogP contribution in [0.5, 0.6) is 0 Å². The molecule has 0 N–H and O–H groups in total. The zero-order valence-electron chi connectivity index (χ0n) is 13.7. The van der Waals surface area contributed by atoms with Crippen LogP contribution in [0.25, 0.3) is 27.6 Å². The Morgan fingerprint density at radius 2 is 1.27 bits per heavy atom. The van der Waals surface area contributed by atoms with Gasteiger partial charge in [0.1, 0.15) is 0 Å². The van der Waals surface area contributed by atoms with E-state index in [-0.39, 0.29) is 5.78 Å². The lowest BCUT2D eigenvalue weighted by molar-refractivity contribution is 0.105. The van der Waals surface area contributed by atoms with Gasteiger partial charge >= 0.3 is 0 Å². The molecule has 0 heterocycles. The molecule has 0 atom stereocenters. The van der Waals surface area contributed by atoms with Crippen LogP contribution < -0.4 is 0 Å². The molecule has 0 amide bonds. The predicted molar refractivity (Wildman–Crippen MR) is 111 cm³/mol. The van der Waals surface area contributed by atoms with Crippen LogP contribution in [0.4, 0.5) is 0 Å². The van der Waals surface area contributed by atoms with Crippen LogP contribution in [-0.4, -0.2) is 5.78 Å². The van der Waals surface area contributed by atoms with Crippen molar-refractivity contribution in [2.75, 3.05) is 0 Å². The molecule has 0 radical (unpaired) electrons. The maximum atomic E-state index is 13.1. The highest BCUT2D eigenvalue weighted by Crippen LogP contribution is 2.30. The smallest absolute Gasteiger partial charge is 0.187 e. The predicted octanol–water partition coefficient (Wildman–Crippen LogP) is 7.20. The molecule has 4 aromatic carbocycles. The van der Waals surface area contributed by atoms with Gasteiger partial charge in [-0.1, -0.05) is 77.8 Å². The number of ketones is 1. The average Bonchev–Trinajstić information content (AvgIpc) is 2.65. The first-order valence-corrected chi connectivity index (χ1v) is 8.97. The molecule has 26 heavy (non-hydrogen) atoms. The molecule has 4 rings (SSSR count). The molecule has 3 heteroatoms. The molecule has 1 nitrogen and oxygen atoms in total. The van der Waals surface area contributed by atoms with E-state index in [1.807, 2.05) is 48.5 Å². The van der Waals surface area contributed by atoms with Crippen LogP contribution in [0, 0.1) is 0 Å². The first-order chi connectivity index (χ1) is 12.6. The Kier molecular flexibility index (Phi) is 4.50. The second-order valence-electron chi connectivity index (χ2n) is 6.03. The van der Waals surface area contributed by atoms with Crippen molar-refractivity contribution >= 4 is 56.6 Å². The molecule has 4 aromatic rings. The lowest BCUT2D eigenvalue weighted by atomic mass is 9.94. The van der Waals surface area contributed by atoms with Crippen LogP contribution in [0.3, 0.4) is 0 Å². The number of benzene rings is 4. The van der Waals surface area contributed by atoms with Gasteiger partial charge in [0.2, 0.25) is 0 Å². The zero-order chi connectivity index (χ0) is 18.1. The van der Waals surface area contributed by atoms with Crippen molar-refractivity contribution in [3.05, 3.63) is 100 Å². The van der Waals surface area contributed by atoms with E-state index >= 15 is 0 Å². The van der Waals surface area contributed by atoms with Gasteiger partial charge in [-0.2, -0.15) is 0 Å². The van der Waals surface area contributed by atoms with Crippen molar-refractivity contribution < 1.29 is 4.79 Å². The standard InChI is InChI=1S/C23H14Cl2O/c24-20-10-5-11-21(25)19(20)12-13-22(26)23-17-8-3-1-6-15(17)14-16-7-2-4-9-18(16)23/h1-14H/b13-12+. The normalized spacial score (nSPS) is 11.5. The number of allylic oxidation sites excluding steroid dienone is 1. The fourth-order valence-corrected chi connectivity index (χ4v) is 3.71. The first-order valence-electron chi connectivity index (χ1n) is 8.22. The fraction of sp³-hybridized carbons (Fsp3) is 0. The lowest BCUT2D eigenvalue weighted by Crippen LogP contribution is -1.98. The van der Waals surface area contributed by atoms with E-state index in [1.54, 1.807) is 30.4 Å². The van der Waals surface area contributed by atoms with E-state index in [9.17, 15) is 4.79 Å². The zero-order valence-corrected chi connectivity index (χ0v) is 15.3. The van der Waals surface area contributed by atoms with E-state index in [4.69, 9.17) is 23.2 Å². The van der Waals surface area contributed by atoms with Gasteiger partial charge in [0.25, 0.3) is 0 Å². The molecule has 0 fully saturated rings. The molecular formula is C23H14Cl2O. The molecule has 126 valence electrons. The van der Waals surface area contributed by atoms with Crippen molar-refractivity contribution in [3.63, 3.8) is 0 Å². The Bertz CT molecular complexity index is 1100. The SMILES string of the molecule is O=C(/C=C/c1c(Cl)cccc1Cl)c1c2ccccc2cc2ccccc12. The third kappa shape index (κ3) is 3.01. The van der Waals surface area contributed by atoms with Crippen LogP contribution in [0.1, 0.15) is 15.9 Å². The largest absolute Gasteiger partial charge is 0.289 e. The van der Waals surface area contributed by atoms with Gasteiger partial charge in [0.15, 0.2) is 5.78 Å². The van der Waals surface area contributed by atoms with E-state index in [1.165, 1.54) is 0 Å². The highest BCUT2D eigenvalue weighted by Gasteiger charge is 2.13. The molecule has 0 aliphatic carbocycles. The summed E-state index contributed by atoms with van der Waals surface area (Å²) in [6.07, 6.45) is 3.23. The Hall–Kier alpha value is -2.61. The van der Waals surface area contributed by atoms with Crippen LogP contribution in [-0.2, 0) is 0 Å². The molecule has 0 aliphatic heterocycles. The van der Waals surface area contributed by atoms with Gasteiger partial charge in [0, 0.05) is 21.2 Å². The van der Waals surface area contributed by atoms with Crippen molar-refractivity contribution in [3.8, 4) is 0 Å². The average molecular weight is 377 g/mol. The second-order valence-corrected chi connectivity index (χ2v) is 6.84. The van der Waals surface area contributed by atoms with Gasteiger partial charge in [-0.25, -0.2) is 0 Å². The quantitative estimate of drug-likeness (QED) is 0.210. The second kappa shape index (κ2) is 6.95. The van der Waals surface area contributed by atoms with Crippen molar-refractivity contribution in [2.24, 2.45) is 0 Å². The van der Waals surface area contributed by atoms with Crippen molar-refractivity contribution in [1.29, 1.82) is 0 Å². The first kappa shape index (κ1) is 16.8. The summed E-state index contributed by atoms with van der Waals surface area (Å²) in [5, 5.41) is 4.99. The van der Waals surface area contributed by atoms with Crippen LogP contribution >= 0.6 is 23.2 Å². The van der Waals surface area contributed by atoms with E-state index in [2.05, 4.69) is 6.07 Å². The number of carbonyl (C=O) groups is 1. The molecule has 0 saturated carbocycles. The number of hydrogen-bond donors (Lipinski definition) is 0. The molecule has 0 bridgehead atoms. The number of hydrogen-bond acceptors (Lipinski definition) is 1. The van der Waals surface area contributed by atoms with Gasteiger partial charge < -0.3 is 0 Å². The Morgan fingerprint density at radius 3 is 1.85 bits per heavy atom. The monoisotopic (exact) mass is 376 g/mol. The number of halogens is 2. The number of fused-ring (bicyclic) bond motifs is 2. The lowest BCUT2D eigenvalue weighted by Gasteiger charge is -2.09. The summed E-state index contributed by atoms with van der Waals surface area (Å²) in [5.74, 6) is -0.0750. The van der Waals surface area contributed by atoms with Crippen LogP contribution in [0.15, 0.2) is 78.9 Å². The third-order valence-corrected chi connectivity index (χ3v) is 5.08. The van der Waals surface area contributed by atoms with E-state index in [0.717, 1.165) is 21.5 Å². The molecule has 0 unspecified atom stereocenters. The Labute approximate surface area is 161 Å². The summed E-state index contributed by atoms with van der Waals surface area (Å²) in [7, 11) is 0. The van der Waals surface area contributed by atoms with E-state index < -0.39 is 0 Å². The van der Waals surface area contributed by atoms with Gasteiger partial charge in [-0.05, 0) is 51.9 Å². The molecule has 0 aromatic heterocycles. The van der Waals surface area contributed by atoms with Gasteiger partial charge in [0.05, 0.1) is 0 Å². The Balaban J connectivity index is 1.89. The summed E-state index contributed by atoms with van der Waals surface area (Å²) in [5.41, 5.74) is 1.34. The minimum absolute atomic E-state index is 0.0750.